The molecule has 0 fully saturated rings. The Kier molecular flexibility index (Phi) is 5.96. The highest BCUT2D eigenvalue weighted by atomic mass is 16.2. The molecule has 0 radical (unpaired) electrons. The molecule has 34 heavy (non-hydrogen) atoms. The maximum absolute atomic E-state index is 13.6. The zero-order chi connectivity index (χ0) is 23.3. The Hall–Kier alpha value is -4.56. The minimum atomic E-state index is -0.512. The second kappa shape index (κ2) is 9.51. The second-order valence-corrected chi connectivity index (χ2v) is 8.03. The molecule has 162 valence electrons. The van der Waals surface area contributed by atoms with Crippen molar-refractivity contribution in [2.75, 3.05) is 0 Å². The van der Waals surface area contributed by atoms with Crippen LogP contribution in [0.25, 0.3) is 33.4 Å². The lowest BCUT2D eigenvalue weighted by Crippen LogP contribution is -2.16. The molecule has 0 aliphatic heterocycles. The van der Waals surface area contributed by atoms with Crippen LogP contribution in [0.5, 0.6) is 0 Å². The van der Waals surface area contributed by atoms with E-state index < -0.39 is 11.6 Å². The summed E-state index contributed by atoms with van der Waals surface area (Å²) >= 11 is 0. The quantitative estimate of drug-likeness (QED) is 0.201. The molecule has 0 atom stereocenters. The van der Waals surface area contributed by atoms with E-state index in [1.54, 1.807) is 30.3 Å². The van der Waals surface area contributed by atoms with Gasteiger partial charge in [0.05, 0.1) is 0 Å². The van der Waals surface area contributed by atoms with Crippen LogP contribution in [0.15, 0.2) is 133 Å². The Morgan fingerprint density at radius 1 is 0.382 bits per heavy atom. The molecule has 0 aromatic heterocycles. The molecule has 0 aliphatic rings. The number of rotatable bonds is 6. The number of hydrogen-bond acceptors (Lipinski definition) is 2. The Balaban J connectivity index is 1.82. The molecule has 0 aliphatic carbocycles. The summed E-state index contributed by atoms with van der Waals surface area (Å²) in [5.41, 5.74) is 6.43. The van der Waals surface area contributed by atoms with E-state index in [0.717, 1.165) is 33.4 Å². The predicted molar refractivity (Wildman–Crippen MR) is 138 cm³/mol. The van der Waals surface area contributed by atoms with Crippen molar-refractivity contribution in [1.29, 1.82) is 0 Å². The van der Waals surface area contributed by atoms with Gasteiger partial charge in [0.15, 0.2) is 0 Å². The van der Waals surface area contributed by atoms with Gasteiger partial charge in [-0.2, -0.15) is 0 Å². The van der Waals surface area contributed by atoms with Gasteiger partial charge in [0, 0.05) is 16.7 Å². The first kappa shape index (κ1) is 21.3. The molecular formula is C32H22O2. The maximum Gasteiger partial charge on any atom is 0.234 e. The van der Waals surface area contributed by atoms with Crippen molar-refractivity contribution in [1.82, 2.24) is 0 Å². The fourth-order valence-corrected chi connectivity index (χ4v) is 4.30. The zero-order valence-electron chi connectivity index (χ0n) is 18.5. The normalized spacial score (nSPS) is 10.6. The highest BCUT2D eigenvalue weighted by molar-refractivity contribution is 6.50. The summed E-state index contributed by atoms with van der Waals surface area (Å²) in [6.45, 7) is 0. The van der Waals surface area contributed by atoms with Gasteiger partial charge in [-0.25, -0.2) is 0 Å². The van der Waals surface area contributed by atoms with Gasteiger partial charge in [-0.15, -0.1) is 0 Å². The van der Waals surface area contributed by atoms with Crippen LogP contribution in [-0.4, -0.2) is 11.6 Å². The molecule has 0 saturated heterocycles. The molecular weight excluding hydrogens is 416 g/mol. The van der Waals surface area contributed by atoms with E-state index in [1.165, 1.54) is 0 Å². The lowest BCUT2D eigenvalue weighted by atomic mass is 9.83. The molecule has 0 N–H and O–H groups in total. The summed E-state index contributed by atoms with van der Waals surface area (Å²) in [5.74, 6) is -1.02. The van der Waals surface area contributed by atoms with Crippen LogP contribution in [0.2, 0.25) is 0 Å². The molecule has 2 heteroatoms. The van der Waals surface area contributed by atoms with Gasteiger partial charge in [0.1, 0.15) is 0 Å². The molecule has 2 nitrogen and oxygen atoms in total. The first-order chi connectivity index (χ1) is 16.7. The van der Waals surface area contributed by atoms with Gasteiger partial charge in [-0.3, -0.25) is 9.59 Å². The summed E-state index contributed by atoms with van der Waals surface area (Å²) in [5, 5.41) is 0. The number of Topliss-reactive ketones (excluding diaryl/α,β-unsaturated/α-hetero) is 2. The molecule has 5 aromatic rings. The van der Waals surface area contributed by atoms with Crippen molar-refractivity contribution in [2.45, 2.75) is 0 Å². The highest BCUT2D eigenvalue weighted by Gasteiger charge is 2.26. The molecule has 0 heterocycles. The SMILES string of the molecule is O=C(C(=O)c1ccc(-c2ccccc2)c(-c2ccccc2)c1-c1ccccc1)c1ccccc1. The third kappa shape index (κ3) is 4.10. The third-order valence-corrected chi connectivity index (χ3v) is 5.90. The Morgan fingerprint density at radius 3 is 1.35 bits per heavy atom. The first-order valence-corrected chi connectivity index (χ1v) is 11.2. The van der Waals surface area contributed by atoms with Gasteiger partial charge >= 0.3 is 0 Å². The summed E-state index contributed by atoms with van der Waals surface area (Å²) in [6.07, 6.45) is 0. The lowest BCUT2D eigenvalue weighted by molar-refractivity contribution is 0.0817. The topological polar surface area (TPSA) is 34.1 Å². The van der Waals surface area contributed by atoms with Crippen molar-refractivity contribution in [2.24, 2.45) is 0 Å². The molecule has 0 saturated carbocycles. The predicted octanol–water partition coefficient (Wildman–Crippen LogP) is 7.75. The summed E-state index contributed by atoms with van der Waals surface area (Å²) in [7, 11) is 0. The average Bonchev–Trinajstić information content (AvgIpc) is 2.93. The molecule has 0 amide bonds. The Morgan fingerprint density at radius 2 is 0.824 bits per heavy atom. The molecule has 0 unspecified atom stereocenters. The number of ketones is 2. The summed E-state index contributed by atoms with van der Waals surface area (Å²) in [4.78, 5) is 26.8. The monoisotopic (exact) mass is 438 g/mol. The fraction of sp³-hybridized carbons (Fsp3) is 0. The lowest BCUT2D eigenvalue weighted by Gasteiger charge is -2.19. The fourth-order valence-electron chi connectivity index (χ4n) is 4.30. The van der Waals surface area contributed by atoms with Crippen LogP contribution in [0.3, 0.4) is 0 Å². The van der Waals surface area contributed by atoms with E-state index in [4.69, 9.17) is 0 Å². The van der Waals surface area contributed by atoms with Crippen LogP contribution >= 0.6 is 0 Å². The molecule has 5 aromatic carbocycles. The van der Waals surface area contributed by atoms with Crippen LogP contribution < -0.4 is 0 Å². The van der Waals surface area contributed by atoms with E-state index in [9.17, 15) is 9.59 Å². The van der Waals surface area contributed by atoms with Crippen molar-refractivity contribution < 1.29 is 9.59 Å². The van der Waals surface area contributed by atoms with Crippen molar-refractivity contribution >= 4 is 11.6 Å². The maximum atomic E-state index is 13.6. The molecule has 5 rings (SSSR count). The van der Waals surface area contributed by atoms with E-state index in [0.29, 0.717) is 11.1 Å². The number of carbonyl (C=O) groups is 2. The van der Waals surface area contributed by atoms with Crippen molar-refractivity contribution in [3.05, 3.63) is 145 Å². The molecule has 0 spiro atoms. The van der Waals surface area contributed by atoms with Crippen molar-refractivity contribution in [3.8, 4) is 33.4 Å². The Labute approximate surface area is 199 Å². The van der Waals surface area contributed by atoms with Gasteiger partial charge in [-0.1, -0.05) is 127 Å². The highest BCUT2D eigenvalue weighted by Crippen LogP contribution is 2.42. The van der Waals surface area contributed by atoms with Gasteiger partial charge in [0.2, 0.25) is 11.6 Å². The van der Waals surface area contributed by atoms with Gasteiger partial charge < -0.3 is 0 Å². The van der Waals surface area contributed by atoms with E-state index >= 15 is 0 Å². The average molecular weight is 439 g/mol. The number of carbonyl (C=O) groups excluding carboxylic acids is 2. The van der Waals surface area contributed by atoms with E-state index in [1.807, 2.05) is 91.0 Å². The van der Waals surface area contributed by atoms with Gasteiger partial charge in [-0.05, 0) is 33.9 Å². The number of benzene rings is 5. The van der Waals surface area contributed by atoms with Crippen LogP contribution in [0.1, 0.15) is 20.7 Å². The summed E-state index contributed by atoms with van der Waals surface area (Å²) in [6, 6.07) is 42.5. The van der Waals surface area contributed by atoms with E-state index in [2.05, 4.69) is 12.1 Å². The Bertz CT molecular complexity index is 1440. The van der Waals surface area contributed by atoms with Crippen molar-refractivity contribution in [3.63, 3.8) is 0 Å². The third-order valence-electron chi connectivity index (χ3n) is 5.90. The molecule has 0 bridgehead atoms. The largest absolute Gasteiger partial charge is 0.285 e. The second-order valence-electron chi connectivity index (χ2n) is 8.03. The zero-order valence-corrected chi connectivity index (χ0v) is 18.5. The smallest absolute Gasteiger partial charge is 0.234 e. The van der Waals surface area contributed by atoms with Crippen LogP contribution in [0.4, 0.5) is 0 Å². The first-order valence-electron chi connectivity index (χ1n) is 11.2. The standard InChI is InChI=1S/C32H22O2/c33-31(26-19-11-4-12-20-26)32(34)28-22-21-27(23-13-5-1-6-14-23)29(24-15-7-2-8-16-24)30(28)25-17-9-3-10-18-25/h1-22H. The van der Waals surface area contributed by atoms with E-state index in [-0.39, 0.29) is 0 Å². The van der Waals surface area contributed by atoms with Crippen LogP contribution in [-0.2, 0) is 0 Å². The minimum absolute atomic E-state index is 0.389. The number of hydrogen-bond donors (Lipinski definition) is 0. The van der Waals surface area contributed by atoms with Gasteiger partial charge in [0.25, 0.3) is 0 Å². The summed E-state index contributed by atoms with van der Waals surface area (Å²) < 4.78 is 0. The minimum Gasteiger partial charge on any atom is -0.285 e. The van der Waals surface area contributed by atoms with Crippen LogP contribution in [0, 0.1) is 0 Å².